The van der Waals surface area contributed by atoms with Crippen LogP contribution in [0, 0.1) is 5.92 Å². The van der Waals surface area contributed by atoms with E-state index >= 15 is 0 Å². The van der Waals surface area contributed by atoms with Gasteiger partial charge in [0.15, 0.2) is 0 Å². The highest BCUT2D eigenvalue weighted by molar-refractivity contribution is 7.13. The molecule has 1 saturated carbocycles. The van der Waals surface area contributed by atoms with Gasteiger partial charge in [0.25, 0.3) is 5.92 Å². The molecule has 0 bridgehead atoms. The molecule has 3 aliphatic rings. The van der Waals surface area contributed by atoms with Gasteiger partial charge >= 0.3 is 6.03 Å². The molecular weight excluding hydrogens is 432 g/mol. The van der Waals surface area contributed by atoms with Crippen LogP contribution in [0.4, 0.5) is 19.4 Å². The average Bonchev–Trinajstić information content (AvgIpc) is 3.21. The number of amides is 2. The Labute approximate surface area is 191 Å². The van der Waals surface area contributed by atoms with E-state index in [9.17, 15) is 13.6 Å². The van der Waals surface area contributed by atoms with E-state index < -0.39 is 19.0 Å². The first-order chi connectivity index (χ1) is 15.5. The topological polar surface area (TPSA) is 51.7 Å². The number of piperazine rings is 1. The minimum absolute atomic E-state index is 0.129. The van der Waals surface area contributed by atoms with Crippen LogP contribution in [-0.2, 0) is 0 Å². The molecule has 2 amide bonds. The monoisotopic (exact) mass is 463 g/mol. The molecule has 5 rings (SSSR count). The zero-order valence-electron chi connectivity index (χ0n) is 18.3. The van der Waals surface area contributed by atoms with Crippen molar-refractivity contribution < 1.29 is 13.6 Å². The van der Waals surface area contributed by atoms with Crippen molar-refractivity contribution in [1.82, 2.24) is 19.5 Å². The van der Waals surface area contributed by atoms with Crippen molar-refractivity contribution in [3.05, 3.63) is 24.3 Å². The lowest BCUT2D eigenvalue weighted by Gasteiger charge is -2.40. The van der Waals surface area contributed by atoms with Crippen LogP contribution in [0.15, 0.2) is 24.3 Å². The number of fused-ring (bicyclic) bond motifs is 1. The summed E-state index contributed by atoms with van der Waals surface area (Å²) in [6, 6.07) is 8.25. The van der Waals surface area contributed by atoms with Gasteiger partial charge < -0.3 is 15.1 Å². The Balaban J connectivity index is 1.00. The molecule has 0 spiro atoms. The number of hydrogen-bond donors (Lipinski definition) is 1. The first-order valence-corrected chi connectivity index (χ1v) is 12.5. The van der Waals surface area contributed by atoms with E-state index in [1.165, 1.54) is 21.4 Å². The van der Waals surface area contributed by atoms with Gasteiger partial charge in [-0.3, -0.25) is 4.90 Å². The first-order valence-electron chi connectivity index (χ1n) is 11.7. The number of likely N-dealkylation sites (tertiary alicyclic amines) is 1. The molecule has 1 aromatic heterocycles. The predicted octanol–water partition coefficient (Wildman–Crippen LogP) is 4.03. The number of benzene rings is 1. The second-order valence-electron chi connectivity index (χ2n) is 9.50. The lowest BCUT2D eigenvalue weighted by atomic mass is 9.84. The zero-order valence-corrected chi connectivity index (χ0v) is 19.1. The fourth-order valence-corrected chi connectivity index (χ4v) is 5.96. The van der Waals surface area contributed by atoms with E-state index in [4.69, 9.17) is 4.37 Å². The second kappa shape index (κ2) is 9.09. The standard InChI is InChI=1S/C23H31F2N5OS/c24-23(25)15-30(16-23)22(31)26-18-7-5-17(6-8-18)9-10-28-11-13-29(14-12-28)21-19-3-1-2-4-20(19)32-27-21/h1-4,17-18H,5-16H2,(H,26,31)/t17-,18-. The molecule has 1 aromatic carbocycles. The number of anilines is 1. The van der Waals surface area contributed by atoms with Crippen LogP contribution < -0.4 is 10.2 Å². The third kappa shape index (κ3) is 4.83. The minimum Gasteiger partial charge on any atom is -0.353 e. The molecule has 0 radical (unpaired) electrons. The number of hydrogen-bond acceptors (Lipinski definition) is 5. The van der Waals surface area contributed by atoms with Crippen LogP contribution in [0.3, 0.4) is 0 Å². The van der Waals surface area contributed by atoms with Gasteiger partial charge in [0.1, 0.15) is 5.82 Å². The summed E-state index contributed by atoms with van der Waals surface area (Å²) in [5.41, 5.74) is 0. The lowest BCUT2D eigenvalue weighted by molar-refractivity contribution is -0.110. The number of rotatable bonds is 5. The lowest BCUT2D eigenvalue weighted by Crippen LogP contribution is -2.62. The number of carbonyl (C=O) groups excluding carboxylic acids is 1. The summed E-state index contributed by atoms with van der Waals surface area (Å²) in [7, 11) is 0. The van der Waals surface area contributed by atoms with E-state index in [0.717, 1.165) is 64.2 Å². The molecule has 3 fully saturated rings. The molecule has 1 aliphatic carbocycles. The fraction of sp³-hybridized carbons (Fsp3) is 0.652. The largest absolute Gasteiger partial charge is 0.353 e. The quantitative estimate of drug-likeness (QED) is 0.728. The maximum absolute atomic E-state index is 12.9. The van der Waals surface area contributed by atoms with Gasteiger partial charge in [-0.15, -0.1) is 0 Å². The predicted molar refractivity (Wildman–Crippen MR) is 124 cm³/mol. The molecule has 3 heterocycles. The highest BCUT2D eigenvalue weighted by Gasteiger charge is 2.46. The van der Waals surface area contributed by atoms with E-state index in [1.54, 1.807) is 11.5 Å². The maximum Gasteiger partial charge on any atom is 0.318 e. The molecule has 0 unspecified atom stereocenters. The van der Waals surface area contributed by atoms with Crippen LogP contribution in [0.1, 0.15) is 32.1 Å². The van der Waals surface area contributed by atoms with Crippen molar-refractivity contribution in [2.45, 2.75) is 44.1 Å². The van der Waals surface area contributed by atoms with Gasteiger partial charge in [-0.1, -0.05) is 12.1 Å². The van der Waals surface area contributed by atoms with Gasteiger partial charge in [0, 0.05) is 37.6 Å². The van der Waals surface area contributed by atoms with Crippen LogP contribution in [-0.4, -0.2) is 78.0 Å². The van der Waals surface area contributed by atoms with E-state index in [0.29, 0.717) is 5.92 Å². The van der Waals surface area contributed by atoms with Crippen LogP contribution in [0.5, 0.6) is 0 Å². The minimum atomic E-state index is -2.70. The third-order valence-corrected chi connectivity index (χ3v) is 8.01. The summed E-state index contributed by atoms with van der Waals surface area (Å²) in [5.74, 6) is -0.876. The van der Waals surface area contributed by atoms with Gasteiger partial charge in [-0.2, -0.15) is 4.37 Å². The van der Waals surface area contributed by atoms with E-state index in [1.807, 2.05) is 0 Å². The molecule has 2 saturated heterocycles. The van der Waals surface area contributed by atoms with Gasteiger partial charge in [0.2, 0.25) is 0 Å². The first kappa shape index (κ1) is 21.8. The SMILES string of the molecule is O=C(N[C@H]1CC[C@H](CCN2CCN(c3nsc4ccccc34)CC2)CC1)N1CC(F)(F)C1. The molecule has 9 heteroatoms. The normalized spacial score (nSPS) is 26.2. The smallest absolute Gasteiger partial charge is 0.318 e. The molecular formula is C23H31F2N5OS. The zero-order chi connectivity index (χ0) is 22.1. The number of carbonyl (C=O) groups is 1. The molecule has 32 heavy (non-hydrogen) atoms. The molecule has 2 aromatic rings. The number of aromatic nitrogens is 1. The maximum atomic E-state index is 12.9. The molecule has 1 N–H and O–H groups in total. The molecule has 2 aliphatic heterocycles. The Kier molecular flexibility index (Phi) is 6.20. The van der Waals surface area contributed by atoms with Crippen LogP contribution in [0.2, 0.25) is 0 Å². The van der Waals surface area contributed by atoms with Gasteiger partial charge in [-0.05, 0) is 68.2 Å². The second-order valence-corrected chi connectivity index (χ2v) is 10.3. The Hall–Kier alpha value is -2.00. The Morgan fingerprint density at radius 2 is 1.81 bits per heavy atom. The number of urea groups is 1. The highest BCUT2D eigenvalue weighted by atomic mass is 32.1. The Morgan fingerprint density at radius 3 is 2.53 bits per heavy atom. The summed E-state index contributed by atoms with van der Waals surface area (Å²) in [6.45, 7) is 4.40. The molecule has 174 valence electrons. The Morgan fingerprint density at radius 1 is 1.09 bits per heavy atom. The van der Waals surface area contributed by atoms with Crippen LogP contribution in [0.25, 0.3) is 10.1 Å². The average molecular weight is 464 g/mol. The number of alkyl halides is 2. The molecule has 6 nitrogen and oxygen atoms in total. The summed E-state index contributed by atoms with van der Waals surface area (Å²) in [4.78, 5) is 18.2. The van der Waals surface area contributed by atoms with Crippen molar-refractivity contribution in [2.24, 2.45) is 5.92 Å². The van der Waals surface area contributed by atoms with E-state index in [-0.39, 0.29) is 12.1 Å². The number of nitrogens with zero attached hydrogens (tertiary/aromatic N) is 4. The highest BCUT2D eigenvalue weighted by Crippen LogP contribution is 2.31. The van der Waals surface area contributed by atoms with Crippen molar-refractivity contribution in [1.29, 1.82) is 0 Å². The fourth-order valence-electron chi connectivity index (χ4n) is 5.17. The molecule has 0 atom stereocenters. The Bertz CT molecular complexity index is 929. The third-order valence-electron chi connectivity index (χ3n) is 7.19. The van der Waals surface area contributed by atoms with Gasteiger partial charge in [-0.25, -0.2) is 13.6 Å². The summed E-state index contributed by atoms with van der Waals surface area (Å²) in [5, 5.41) is 4.21. The van der Waals surface area contributed by atoms with Crippen LogP contribution >= 0.6 is 11.5 Å². The summed E-state index contributed by atoms with van der Waals surface area (Å²) >= 11 is 1.58. The van der Waals surface area contributed by atoms with Crippen molar-refractivity contribution in [3.63, 3.8) is 0 Å². The number of nitrogens with one attached hydrogen (secondary N) is 1. The number of halogens is 2. The van der Waals surface area contributed by atoms with E-state index in [2.05, 4.69) is 39.4 Å². The summed E-state index contributed by atoms with van der Waals surface area (Å²) in [6.07, 6.45) is 5.30. The van der Waals surface area contributed by atoms with Crippen molar-refractivity contribution in [2.75, 3.05) is 50.7 Å². The van der Waals surface area contributed by atoms with Gasteiger partial charge in [0.05, 0.1) is 17.8 Å². The van der Waals surface area contributed by atoms with Crippen molar-refractivity contribution >= 4 is 33.5 Å². The van der Waals surface area contributed by atoms with Crippen molar-refractivity contribution in [3.8, 4) is 0 Å². The summed E-state index contributed by atoms with van der Waals surface area (Å²) < 4.78 is 31.8.